The average molecular weight is 445 g/mol. The van der Waals surface area contributed by atoms with Gasteiger partial charge in [0.05, 0.1) is 6.07 Å². The van der Waals surface area contributed by atoms with Crippen LogP contribution in [-0.2, 0) is 16.6 Å². The maximum atomic E-state index is 13.8. The largest absolute Gasteiger partial charge is 0.336 e. The Hall–Kier alpha value is -2.69. The lowest BCUT2D eigenvalue weighted by Crippen LogP contribution is -2.58. The monoisotopic (exact) mass is 444 g/mol. The summed E-state index contributed by atoms with van der Waals surface area (Å²) in [7, 11) is 0. The molecule has 1 saturated heterocycles. The van der Waals surface area contributed by atoms with E-state index in [0.29, 0.717) is 25.9 Å². The number of hydrogen-bond acceptors (Lipinski definition) is 3. The van der Waals surface area contributed by atoms with Gasteiger partial charge in [-0.25, -0.2) is 13.6 Å². The van der Waals surface area contributed by atoms with Crippen LogP contribution in [0, 0.1) is 11.3 Å². The molecule has 1 unspecified atom stereocenters. The number of amides is 3. The van der Waals surface area contributed by atoms with E-state index < -0.39 is 35.9 Å². The van der Waals surface area contributed by atoms with Crippen LogP contribution in [-0.4, -0.2) is 47.4 Å². The number of nitriles is 1. The Labute approximate surface area is 187 Å². The first-order chi connectivity index (χ1) is 15.2. The summed E-state index contributed by atoms with van der Waals surface area (Å²) in [6.45, 7) is 1.76. The van der Waals surface area contributed by atoms with E-state index in [9.17, 15) is 23.6 Å². The third kappa shape index (κ3) is 4.72. The molecular weight excluding hydrogens is 414 g/mol. The van der Waals surface area contributed by atoms with E-state index in [1.165, 1.54) is 11.1 Å². The Kier molecular flexibility index (Phi) is 5.87. The molecule has 4 rings (SSSR count). The molecule has 1 aromatic carbocycles. The van der Waals surface area contributed by atoms with Crippen molar-refractivity contribution in [1.82, 2.24) is 15.5 Å². The van der Waals surface area contributed by atoms with E-state index in [4.69, 9.17) is 0 Å². The zero-order chi connectivity index (χ0) is 23.0. The highest BCUT2D eigenvalue weighted by Crippen LogP contribution is 2.43. The minimum Gasteiger partial charge on any atom is -0.336 e. The highest BCUT2D eigenvalue weighted by Gasteiger charge is 2.47. The normalized spacial score (nSPS) is 24.8. The Morgan fingerprint density at radius 3 is 2.62 bits per heavy atom. The van der Waals surface area contributed by atoms with E-state index in [1.807, 2.05) is 18.2 Å². The van der Waals surface area contributed by atoms with Crippen molar-refractivity contribution in [3.63, 3.8) is 0 Å². The SMILES string of the molecule is CC(F)(F)C[C@H](NC(=O)N1CCCC2(CCCc3ccccc32)C1)C(=O)NC1(C#N)CC1. The fourth-order valence-corrected chi connectivity index (χ4v) is 5.26. The summed E-state index contributed by atoms with van der Waals surface area (Å²) in [4.78, 5) is 27.5. The molecule has 2 fully saturated rings. The van der Waals surface area contributed by atoms with E-state index in [0.717, 1.165) is 39.0 Å². The van der Waals surface area contributed by atoms with Crippen LogP contribution in [0.4, 0.5) is 13.6 Å². The Morgan fingerprint density at radius 1 is 1.22 bits per heavy atom. The third-order valence-corrected chi connectivity index (χ3v) is 7.06. The number of likely N-dealkylation sites (tertiary alicyclic amines) is 1. The number of urea groups is 1. The lowest BCUT2D eigenvalue weighted by atomic mass is 9.66. The molecule has 1 saturated carbocycles. The number of rotatable bonds is 5. The van der Waals surface area contributed by atoms with Gasteiger partial charge in [0.2, 0.25) is 11.8 Å². The summed E-state index contributed by atoms with van der Waals surface area (Å²) >= 11 is 0. The van der Waals surface area contributed by atoms with Gasteiger partial charge in [-0.05, 0) is 63.0 Å². The van der Waals surface area contributed by atoms with Crippen LogP contribution in [0.2, 0.25) is 0 Å². The van der Waals surface area contributed by atoms with E-state index >= 15 is 0 Å². The summed E-state index contributed by atoms with van der Waals surface area (Å²) in [5.41, 5.74) is 1.48. The Balaban J connectivity index is 1.48. The molecule has 8 heteroatoms. The molecule has 1 heterocycles. The van der Waals surface area contributed by atoms with E-state index in [-0.39, 0.29) is 5.41 Å². The molecule has 0 bridgehead atoms. The molecular formula is C24H30F2N4O2. The fourth-order valence-electron chi connectivity index (χ4n) is 5.26. The first-order valence-corrected chi connectivity index (χ1v) is 11.4. The van der Waals surface area contributed by atoms with Gasteiger partial charge in [0.15, 0.2) is 0 Å². The third-order valence-electron chi connectivity index (χ3n) is 7.06. The van der Waals surface area contributed by atoms with Gasteiger partial charge in [-0.2, -0.15) is 5.26 Å². The number of piperidine rings is 1. The number of nitrogens with zero attached hydrogens (tertiary/aromatic N) is 2. The number of carbonyl (C=O) groups excluding carboxylic acids is 2. The van der Waals surface area contributed by atoms with Gasteiger partial charge >= 0.3 is 6.03 Å². The van der Waals surface area contributed by atoms with Crippen LogP contribution < -0.4 is 10.6 Å². The molecule has 2 aliphatic carbocycles. The molecule has 32 heavy (non-hydrogen) atoms. The minimum atomic E-state index is -3.13. The van der Waals surface area contributed by atoms with Gasteiger partial charge in [-0.3, -0.25) is 4.79 Å². The number of fused-ring (bicyclic) bond motifs is 2. The number of hydrogen-bond donors (Lipinski definition) is 2. The summed E-state index contributed by atoms with van der Waals surface area (Å²) in [5.74, 6) is -3.86. The van der Waals surface area contributed by atoms with Crippen LogP contribution in [0.25, 0.3) is 0 Å². The molecule has 2 atom stereocenters. The van der Waals surface area contributed by atoms with Crippen LogP contribution in [0.1, 0.15) is 63.0 Å². The van der Waals surface area contributed by atoms with Crippen LogP contribution in [0.3, 0.4) is 0 Å². The number of nitrogens with one attached hydrogen (secondary N) is 2. The summed E-state index contributed by atoms with van der Waals surface area (Å²) in [6, 6.07) is 8.46. The van der Waals surface area contributed by atoms with Crippen molar-refractivity contribution < 1.29 is 18.4 Å². The van der Waals surface area contributed by atoms with Gasteiger partial charge in [0.25, 0.3) is 0 Å². The number of alkyl halides is 2. The van der Waals surface area contributed by atoms with Crippen molar-refractivity contribution in [1.29, 1.82) is 5.26 Å². The van der Waals surface area contributed by atoms with Gasteiger partial charge in [-0.15, -0.1) is 0 Å². The lowest BCUT2D eigenvalue weighted by molar-refractivity contribution is -0.126. The number of aryl methyl sites for hydroxylation is 1. The van der Waals surface area contributed by atoms with Gasteiger partial charge < -0.3 is 15.5 Å². The van der Waals surface area contributed by atoms with Crippen molar-refractivity contribution >= 4 is 11.9 Å². The molecule has 0 aromatic heterocycles. The second kappa shape index (κ2) is 8.34. The van der Waals surface area contributed by atoms with Gasteiger partial charge in [0.1, 0.15) is 11.6 Å². The Morgan fingerprint density at radius 2 is 1.94 bits per heavy atom. The molecule has 1 spiro atoms. The molecule has 3 aliphatic rings. The highest BCUT2D eigenvalue weighted by atomic mass is 19.3. The quantitative estimate of drug-likeness (QED) is 0.727. The standard InChI is InChI=1S/C24H30F2N4O2/c1-22(25,26)14-19(20(31)29-24(15-27)11-12-24)28-21(32)30-13-5-10-23(16-30)9-4-7-17-6-2-3-8-18(17)23/h2-3,6,8,19H,4-5,7,9-14,16H2,1H3,(H,28,32)(H,29,31)/t19-,23?/m0/s1. The minimum absolute atomic E-state index is 0.129. The molecule has 172 valence electrons. The second-order valence-electron chi connectivity index (χ2n) is 9.78. The summed E-state index contributed by atoms with van der Waals surface area (Å²) in [5, 5.41) is 14.3. The molecule has 3 amide bonds. The predicted octanol–water partition coefficient (Wildman–Crippen LogP) is 3.65. The molecule has 1 aromatic rings. The van der Waals surface area contributed by atoms with Gasteiger partial charge in [0, 0.05) is 24.9 Å². The van der Waals surface area contributed by atoms with Crippen LogP contribution in [0.5, 0.6) is 0 Å². The molecule has 0 radical (unpaired) electrons. The molecule has 6 nitrogen and oxygen atoms in total. The zero-order valence-corrected chi connectivity index (χ0v) is 18.4. The molecule has 2 N–H and O–H groups in total. The van der Waals surface area contributed by atoms with Crippen molar-refractivity contribution in [3.8, 4) is 6.07 Å². The average Bonchev–Trinajstić information content (AvgIpc) is 3.53. The fraction of sp³-hybridized carbons (Fsp3) is 0.625. The van der Waals surface area contributed by atoms with E-state index in [1.54, 1.807) is 4.90 Å². The van der Waals surface area contributed by atoms with Crippen molar-refractivity contribution in [3.05, 3.63) is 35.4 Å². The lowest BCUT2D eigenvalue weighted by Gasteiger charge is -2.46. The van der Waals surface area contributed by atoms with Crippen molar-refractivity contribution in [2.45, 2.75) is 81.2 Å². The topological polar surface area (TPSA) is 85.2 Å². The smallest absolute Gasteiger partial charge is 0.318 e. The first kappa shape index (κ1) is 22.5. The number of carbonyl (C=O) groups is 2. The van der Waals surface area contributed by atoms with Crippen LogP contribution in [0.15, 0.2) is 24.3 Å². The number of halogens is 2. The Bertz CT molecular complexity index is 935. The summed E-state index contributed by atoms with van der Waals surface area (Å²) < 4.78 is 27.6. The maximum Gasteiger partial charge on any atom is 0.318 e. The van der Waals surface area contributed by atoms with E-state index in [2.05, 4.69) is 22.8 Å². The van der Waals surface area contributed by atoms with Crippen LogP contribution >= 0.6 is 0 Å². The van der Waals surface area contributed by atoms with Crippen molar-refractivity contribution in [2.24, 2.45) is 0 Å². The second-order valence-corrected chi connectivity index (χ2v) is 9.78. The zero-order valence-electron chi connectivity index (χ0n) is 18.4. The first-order valence-electron chi connectivity index (χ1n) is 11.4. The molecule has 1 aliphatic heterocycles. The number of benzene rings is 1. The highest BCUT2D eigenvalue weighted by molar-refractivity contribution is 5.88. The summed E-state index contributed by atoms with van der Waals surface area (Å²) in [6.07, 6.45) is 5.03. The van der Waals surface area contributed by atoms with Crippen molar-refractivity contribution in [2.75, 3.05) is 13.1 Å². The predicted molar refractivity (Wildman–Crippen MR) is 115 cm³/mol. The van der Waals surface area contributed by atoms with Gasteiger partial charge in [-0.1, -0.05) is 24.3 Å². The maximum absolute atomic E-state index is 13.8.